The molecule has 0 saturated carbocycles. The van der Waals surface area contributed by atoms with Gasteiger partial charge in [-0.15, -0.1) is 0 Å². The molecule has 0 spiro atoms. The van der Waals surface area contributed by atoms with Crippen LogP contribution >= 0.6 is 0 Å². The number of rotatable bonds is 15. The van der Waals surface area contributed by atoms with Gasteiger partial charge in [-0.1, -0.05) is 25.7 Å². The maximum Gasteiger partial charge on any atom is 0.329 e. The highest BCUT2D eigenvalue weighted by molar-refractivity contribution is 5.71. The Morgan fingerprint density at radius 3 is 1.91 bits per heavy atom. The molecule has 0 aliphatic carbocycles. The van der Waals surface area contributed by atoms with Crippen molar-refractivity contribution in [1.82, 2.24) is 10.4 Å². The number of carbonyl (C=O) groups excluding carboxylic acids is 3. The average molecular weight is 325 g/mol. The Bertz CT molecular complexity index is 404. The number of urea groups is 1. The molecule has 0 aromatic carbocycles. The SMILES string of the molecule is NC(=O)N(CCCCCCN=C=O)NCCCCCCN=C=O. The fraction of sp³-hybridized carbons (Fsp3) is 0.800. The van der Waals surface area contributed by atoms with Gasteiger partial charge in [0.1, 0.15) is 0 Å². The summed E-state index contributed by atoms with van der Waals surface area (Å²) in [5.74, 6) is 0. The van der Waals surface area contributed by atoms with Gasteiger partial charge in [-0.2, -0.15) is 0 Å². The maximum absolute atomic E-state index is 11.3. The molecule has 2 amide bonds. The van der Waals surface area contributed by atoms with Gasteiger partial charge in [-0.3, -0.25) is 5.01 Å². The van der Waals surface area contributed by atoms with Gasteiger partial charge in [-0.05, 0) is 25.7 Å². The molecule has 0 heterocycles. The molecule has 0 aromatic heterocycles. The molecule has 0 fully saturated rings. The number of amides is 2. The monoisotopic (exact) mass is 325 g/mol. The number of hydrogen-bond acceptors (Lipinski definition) is 6. The summed E-state index contributed by atoms with van der Waals surface area (Å²) in [7, 11) is 0. The summed E-state index contributed by atoms with van der Waals surface area (Å²) in [4.78, 5) is 38.1. The zero-order valence-corrected chi connectivity index (χ0v) is 13.6. The van der Waals surface area contributed by atoms with Crippen LogP contribution in [0.3, 0.4) is 0 Å². The third kappa shape index (κ3) is 14.7. The van der Waals surface area contributed by atoms with Gasteiger partial charge in [0.25, 0.3) is 0 Å². The molecule has 8 nitrogen and oxygen atoms in total. The first-order chi connectivity index (χ1) is 11.2. The third-order valence-corrected chi connectivity index (χ3v) is 3.30. The van der Waals surface area contributed by atoms with Crippen LogP contribution in [0.15, 0.2) is 9.98 Å². The lowest BCUT2D eigenvalue weighted by Crippen LogP contribution is -2.46. The minimum Gasteiger partial charge on any atom is -0.350 e. The minimum absolute atomic E-state index is 0.476. The van der Waals surface area contributed by atoms with Crippen LogP contribution < -0.4 is 11.2 Å². The van der Waals surface area contributed by atoms with Crippen LogP contribution in [0.5, 0.6) is 0 Å². The zero-order valence-electron chi connectivity index (χ0n) is 13.6. The van der Waals surface area contributed by atoms with Crippen LogP contribution in [0.1, 0.15) is 51.4 Å². The van der Waals surface area contributed by atoms with Crippen molar-refractivity contribution in [1.29, 1.82) is 0 Å². The topological polar surface area (TPSA) is 117 Å². The van der Waals surface area contributed by atoms with Gasteiger partial charge in [-0.25, -0.2) is 29.8 Å². The Hall–Kier alpha value is -2.01. The molecule has 0 aliphatic rings. The first-order valence-corrected chi connectivity index (χ1v) is 8.10. The molecular formula is C15H27N5O3. The number of hydrazine groups is 1. The quantitative estimate of drug-likeness (QED) is 0.206. The van der Waals surface area contributed by atoms with Gasteiger partial charge in [0.15, 0.2) is 0 Å². The van der Waals surface area contributed by atoms with Crippen molar-refractivity contribution in [2.24, 2.45) is 15.7 Å². The number of nitrogens with one attached hydrogen (secondary N) is 1. The molecule has 8 heteroatoms. The molecule has 0 rings (SSSR count). The van der Waals surface area contributed by atoms with Crippen molar-refractivity contribution < 1.29 is 14.4 Å². The number of isocyanates is 2. The zero-order chi connectivity index (χ0) is 17.2. The Balaban J connectivity index is 3.60. The van der Waals surface area contributed by atoms with Gasteiger partial charge in [0, 0.05) is 13.1 Å². The molecule has 130 valence electrons. The van der Waals surface area contributed by atoms with Crippen molar-refractivity contribution in [3.05, 3.63) is 0 Å². The van der Waals surface area contributed by atoms with E-state index in [0.717, 1.165) is 51.4 Å². The third-order valence-electron chi connectivity index (χ3n) is 3.30. The summed E-state index contributed by atoms with van der Waals surface area (Å²) in [5, 5.41) is 1.44. The van der Waals surface area contributed by atoms with Crippen LogP contribution in [0.25, 0.3) is 0 Å². The van der Waals surface area contributed by atoms with Crippen LogP contribution in [0.4, 0.5) is 4.79 Å². The number of nitrogens with zero attached hydrogens (tertiary/aromatic N) is 3. The Kier molecular flexibility index (Phi) is 14.9. The van der Waals surface area contributed by atoms with Crippen molar-refractivity contribution >= 4 is 18.2 Å². The average Bonchev–Trinajstić information content (AvgIpc) is 2.54. The second-order valence-corrected chi connectivity index (χ2v) is 5.17. The Morgan fingerprint density at radius 2 is 1.39 bits per heavy atom. The summed E-state index contributed by atoms with van der Waals surface area (Å²) in [6.07, 6.45) is 10.5. The maximum atomic E-state index is 11.3. The van der Waals surface area contributed by atoms with Crippen LogP contribution in [-0.2, 0) is 9.59 Å². The van der Waals surface area contributed by atoms with Crippen molar-refractivity contribution in [3.63, 3.8) is 0 Å². The molecule has 23 heavy (non-hydrogen) atoms. The van der Waals surface area contributed by atoms with E-state index in [-0.39, 0.29) is 0 Å². The van der Waals surface area contributed by atoms with E-state index in [1.807, 2.05) is 0 Å². The molecule has 0 unspecified atom stereocenters. The Morgan fingerprint density at radius 1 is 0.870 bits per heavy atom. The van der Waals surface area contributed by atoms with E-state index in [0.29, 0.717) is 26.2 Å². The highest BCUT2D eigenvalue weighted by atomic mass is 16.2. The van der Waals surface area contributed by atoms with E-state index in [1.54, 1.807) is 0 Å². The molecule has 0 aliphatic heterocycles. The molecule has 3 N–H and O–H groups in total. The summed E-state index contributed by atoms with van der Waals surface area (Å²) in [6, 6.07) is -0.476. The summed E-state index contributed by atoms with van der Waals surface area (Å²) < 4.78 is 0. The highest BCUT2D eigenvalue weighted by Gasteiger charge is 2.07. The van der Waals surface area contributed by atoms with Crippen LogP contribution in [0, 0.1) is 0 Å². The smallest absolute Gasteiger partial charge is 0.329 e. The molecule has 0 radical (unpaired) electrons. The van der Waals surface area contributed by atoms with Crippen LogP contribution in [-0.4, -0.2) is 49.4 Å². The predicted octanol–water partition coefficient (Wildman–Crippen LogP) is 1.66. The van der Waals surface area contributed by atoms with E-state index < -0.39 is 6.03 Å². The molecular weight excluding hydrogens is 298 g/mol. The van der Waals surface area contributed by atoms with Gasteiger partial charge < -0.3 is 5.73 Å². The second kappa shape index (κ2) is 16.4. The second-order valence-electron chi connectivity index (χ2n) is 5.17. The van der Waals surface area contributed by atoms with E-state index in [4.69, 9.17) is 5.73 Å². The number of hydrogen-bond donors (Lipinski definition) is 2. The summed E-state index contributed by atoms with van der Waals surface area (Å²) in [6.45, 7) is 2.30. The fourth-order valence-corrected chi connectivity index (χ4v) is 2.06. The van der Waals surface area contributed by atoms with Crippen molar-refractivity contribution in [3.8, 4) is 0 Å². The first-order valence-electron chi connectivity index (χ1n) is 8.10. The predicted molar refractivity (Wildman–Crippen MR) is 87.2 cm³/mol. The molecule has 0 atom stereocenters. The number of unbranched alkanes of at least 4 members (excludes halogenated alkanes) is 6. The first kappa shape index (κ1) is 21.0. The summed E-state index contributed by atoms with van der Waals surface area (Å²) in [5.41, 5.74) is 8.37. The van der Waals surface area contributed by atoms with Gasteiger partial charge in [0.2, 0.25) is 12.2 Å². The number of nitrogens with two attached hydrogens (primary N) is 1. The molecule has 0 saturated heterocycles. The number of primary amides is 1. The highest BCUT2D eigenvalue weighted by Crippen LogP contribution is 2.02. The van der Waals surface area contributed by atoms with Gasteiger partial charge in [0.05, 0.1) is 13.1 Å². The fourth-order valence-electron chi connectivity index (χ4n) is 2.06. The van der Waals surface area contributed by atoms with Gasteiger partial charge >= 0.3 is 6.03 Å². The lowest BCUT2D eigenvalue weighted by atomic mass is 10.2. The van der Waals surface area contributed by atoms with E-state index in [9.17, 15) is 14.4 Å². The van der Waals surface area contributed by atoms with Crippen molar-refractivity contribution in [2.45, 2.75) is 51.4 Å². The summed E-state index contributed by atoms with van der Waals surface area (Å²) >= 11 is 0. The van der Waals surface area contributed by atoms with E-state index >= 15 is 0 Å². The lowest BCUT2D eigenvalue weighted by molar-refractivity contribution is 0.177. The molecule has 0 bridgehead atoms. The minimum atomic E-state index is -0.476. The lowest BCUT2D eigenvalue weighted by Gasteiger charge is -2.21. The standard InChI is InChI=1S/C15H27N5O3/c16-15(23)20(12-8-4-3-6-10-18-14-22)19-11-7-2-1-5-9-17-13-21/h19H,1-12H2,(H2,16,23). The largest absolute Gasteiger partial charge is 0.350 e. The Labute approximate surface area is 137 Å². The normalized spacial score (nSPS) is 9.74. The number of carbonyl (C=O) groups is 1. The van der Waals surface area contributed by atoms with Crippen LogP contribution in [0.2, 0.25) is 0 Å². The van der Waals surface area contributed by atoms with E-state index in [1.165, 1.54) is 17.2 Å². The number of aliphatic imine (C=N–C) groups is 2. The van der Waals surface area contributed by atoms with Crippen molar-refractivity contribution in [2.75, 3.05) is 26.2 Å². The van der Waals surface area contributed by atoms with E-state index in [2.05, 4.69) is 15.4 Å². The molecule has 0 aromatic rings.